The molecule has 1 aromatic heterocycles. The molecule has 0 unspecified atom stereocenters. The molecule has 9 heteroatoms. The van der Waals surface area contributed by atoms with Gasteiger partial charge in [-0.2, -0.15) is 0 Å². The highest BCUT2D eigenvalue weighted by atomic mass is 32.2. The lowest BCUT2D eigenvalue weighted by molar-refractivity contribution is 0.0954. The van der Waals surface area contributed by atoms with E-state index in [1.165, 1.54) is 0 Å². The summed E-state index contributed by atoms with van der Waals surface area (Å²) in [5.41, 5.74) is 4.07. The summed E-state index contributed by atoms with van der Waals surface area (Å²) >= 11 is 0. The summed E-state index contributed by atoms with van der Waals surface area (Å²) in [5, 5.41) is 10.9. The Balaban J connectivity index is 1.31. The van der Waals surface area contributed by atoms with Crippen LogP contribution in [-0.4, -0.2) is 37.6 Å². The number of benzene rings is 3. The molecular weight excluding hydrogens is 452 g/mol. The molecule has 1 heterocycles. The molecule has 0 saturated heterocycles. The summed E-state index contributed by atoms with van der Waals surface area (Å²) in [6, 6.07) is 21.1. The third-order valence-electron chi connectivity index (χ3n) is 5.15. The number of aromatic nitrogens is 2. The minimum absolute atomic E-state index is 0.0732. The number of carbonyl (C=O) groups is 1. The molecule has 0 aliphatic rings. The Hall–Kier alpha value is -3.82. The fourth-order valence-electron chi connectivity index (χ4n) is 3.18. The Morgan fingerprint density at radius 3 is 1.82 bits per heavy atom. The number of aryl methyl sites for hydroxylation is 2. The molecule has 4 rings (SSSR count). The van der Waals surface area contributed by atoms with Crippen LogP contribution in [0.5, 0.6) is 0 Å². The molecule has 34 heavy (non-hydrogen) atoms. The van der Waals surface area contributed by atoms with E-state index in [4.69, 9.17) is 4.42 Å². The second-order valence-corrected chi connectivity index (χ2v) is 9.59. The van der Waals surface area contributed by atoms with Crippen molar-refractivity contribution in [3.8, 4) is 22.9 Å². The quantitative estimate of drug-likeness (QED) is 0.375. The van der Waals surface area contributed by atoms with Crippen LogP contribution < -0.4 is 10.0 Å². The number of hydrogen-bond acceptors (Lipinski definition) is 6. The van der Waals surface area contributed by atoms with E-state index in [0.29, 0.717) is 22.9 Å². The molecule has 0 aliphatic carbocycles. The molecule has 0 atom stereocenters. The van der Waals surface area contributed by atoms with Crippen molar-refractivity contribution in [1.29, 1.82) is 0 Å². The van der Waals surface area contributed by atoms with Gasteiger partial charge in [0.1, 0.15) is 0 Å². The van der Waals surface area contributed by atoms with Crippen molar-refractivity contribution in [3.05, 3.63) is 89.5 Å². The van der Waals surface area contributed by atoms with E-state index in [1.807, 2.05) is 38.1 Å². The lowest BCUT2D eigenvalue weighted by atomic mass is 10.1. The van der Waals surface area contributed by atoms with E-state index >= 15 is 0 Å². The summed E-state index contributed by atoms with van der Waals surface area (Å²) in [6.45, 7) is 4.11. The van der Waals surface area contributed by atoms with E-state index in [0.717, 1.165) is 16.7 Å². The minimum Gasteiger partial charge on any atom is -0.416 e. The Labute approximate surface area is 198 Å². The molecule has 3 aromatic carbocycles. The zero-order valence-corrected chi connectivity index (χ0v) is 19.6. The number of nitrogens with one attached hydrogen (secondary N) is 2. The first-order valence-corrected chi connectivity index (χ1v) is 12.2. The predicted octanol–water partition coefficient (Wildman–Crippen LogP) is 3.73. The van der Waals surface area contributed by atoms with Crippen LogP contribution in [0.15, 0.2) is 82.1 Å². The SMILES string of the molecule is Cc1ccc(-c2nnc(-c3ccc(C(=O)NCCNS(=O)(=O)c4ccc(C)cc4)cc3)o2)cc1. The van der Waals surface area contributed by atoms with Crippen LogP contribution in [0.4, 0.5) is 0 Å². The van der Waals surface area contributed by atoms with Crippen molar-refractivity contribution >= 4 is 15.9 Å². The van der Waals surface area contributed by atoms with Gasteiger partial charge in [-0.3, -0.25) is 4.79 Å². The van der Waals surface area contributed by atoms with Gasteiger partial charge in [-0.1, -0.05) is 35.4 Å². The Morgan fingerprint density at radius 2 is 1.26 bits per heavy atom. The van der Waals surface area contributed by atoms with Gasteiger partial charge >= 0.3 is 0 Å². The Kier molecular flexibility index (Phi) is 6.85. The van der Waals surface area contributed by atoms with Crippen LogP contribution in [-0.2, 0) is 10.0 Å². The van der Waals surface area contributed by atoms with Crippen molar-refractivity contribution in [3.63, 3.8) is 0 Å². The first kappa shape index (κ1) is 23.3. The van der Waals surface area contributed by atoms with E-state index in [2.05, 4.69) is 20.2 Å². The number of amides is 1. The highest BCUT2D eigenvalue weighted by Gasteiger charge is 2.14. The molecule has 0 bridgehead atoms. The second-order valence-electron chi connectivity index (χ2n) is 7.82. The number of carbonyl (C=O) groups excluding carboxylic acids is 1. The third kappa shape index (κ3) is 5.56. The van der Waals surface area contributed by atoms with Gasteiger partial charge in [-0.15, -0.1) is 10.2 Å². The standard InChI is InChI=1S/C25H24N4O4S/c1-17-3-7-20(8-4-17)24-28-29-25(33-24)21-11-9-19(10-12-21)23(30)26-15-16-27-34(31,32)22-13-5-18(2)6-14-22/h3-14,27H,15-16H2,1-2H3,(H,26,30). The van der Waals surface area contributed by atoms with E-state index in [-0.39, 0.29) is 23.9 Å². The van der Waals surface area contributed by atoms with E-state index in [9.17, 15) is 13.2 Å². The predicted molar refractivity (Wildman–Crippen MR) is 129 cm³/mol. The summed E-state index contributed by atoms with van der Waals surface area (Å²) < 4.78 is 32.8. The fourth-order valence-corrected chi connectivity index (χ4v) is 4.21. The molecule has 0 radical (unpaired) electrons. The molecule has 174 valence electrons. The van der Waals surface area contributed by atoms with Gasteiger partial charge in [0.2, 0.25) is 21.8 Å². The van der Waals surface area contributed by atoms with Crippen LogP contribution in [0.3, 0.4) is 0 Å². The smallest absolute Gasteiger partial charge is 0.251 e. The fraction of sp³-hybridized carbons (Fsp3) is 0.160. The molecule has 8 nitrogen and oxygen atoms in total. The van der Waals surface area contributed by atoms with Crippen molar-refractivity contribution in [2.75, 3.05) is 13.1 Å². The van der Waals surface area contributed by atoms with Crippen LogP contribution in [0, 0.1) is 13.8 Å². The van der Waals surface area contributed by atoms with Gasteiger partial charge in [0.05, 0.1) is 4.90 Å². The maximum absolute atomic E-state index is 12.4. The van der Waals surface area contributed by atoms with E-state index in [1.54, 1.807) is 48.5 Å². The monoisotopic (exact) mass is 476 g/mol. The molecule has 0 spiro atoms. The first-order chi connectivity index (χ1) is 16.3. The van der Waals surface area contributed by atoms with Gasteiger partial charge in [-0.25, -0.2) is 13.1 Å². The second kappa shape index (κ2) is 9.98. The van der Waals surface area contributed by atoms with Gasteiger partial charge in [-0.05, 0) is 62.4 Å². The minimum atomic E-state index is -3.62. The average molecular weight is 477 g/mol. The van der Waals surface area contributed by atoms with E-state index < -0.39 is 10.0 Å². The summed E-state index contributed by atoms with van der Waals surface area (Å²) in [4.78, 5) is 12.6. The molecule has 0 aliphatic heterocycles. The van der Waals surface area contributed by atoms with Gasteiger partial charge in [0.25, 0.3) is 5.91 Å². The Bertz CT molecular complexity index is 1380. The molecule has 0 saturated carbocycles. The van der Waals surface area contributed by atoms with Crippen LogP contribution >= 0.6 is 0 Å². The van der Waals surface area contributed by atoms with Crippen LogP contribution in [0.1, 0.15) is 21.5 Å². The maximum atomic E-state index is 12.4. The van der Waals surface area contributed by atoms with Crippen molar-refractivity contribution in [2.24, 2.45) is 0 Å². The highest BCUT2D eigenvalue weighted by molar-refractivity contribution is 7.89. The topological polar surface area (TPSA) is 114 Å². The number of rotatable bonds is 8. The van der Waals surface area contributed by atoms with Crippen molar-refractivity contribution in [1.82, 2.24) is 20.2 Å². The number of nitrogens with zero attached hydrogens (tertiary/aromatic N) is 2. The highest BCUT2D eigenvalue weighted by Crippen LogP contribution is 2.24. The lowest BCUT2D eigenvalue weighted by Gasteiger charge is -2.08. The normalized spacial score (nSPS) is 11.4. The molecular formula is C25H24N4O4S. The maximum Gasteiger partial charge on any atom is 0.251 e. The average Bonchev–Trinajstić information content (AvgIpc) is 3.33. The van der Waals surface area contributed by atoms with Crippen LogP contribution in [0.25, 0.3) is 22.9 Å². The third-order valence-corrected chi connectivity index (χ3v) is 6.63. The lowest BCUT2D eigenvalue weighted by Crippen LogP contribution is -2.34. The van der Waals surface area contributed by atoms with Crippen molar-refractivity contribution < 1.29 is 17.6 Å². The molecule has 4 aromatic rings. The largest absolute Gasteiger partial charge is 0.416 e. The van der Waals surface area contributed by atoms with Gasteiger partial charge < -0.3 is 9.73 Å². The van der Waals surface area contributed by atoms with Gasteiger partial charge in [0, 0.05) is 29.8 Å². The molecule has 0 fully saturated rings. The van der Waals surface area contributed by atoms with Crippen LogP contribution in [0.2, 0.25) is 0 Å². The zero-order chi connectivity index (χ0) is 24.1. The van der Waals surface area contributed by atoms with Gasteiger partial charge in [0.15, 0.2) is 0 Å². The number of hydrogen-bond donors (Lipinski definition) is 2. The molecule has 2 N–H and O–H groups in total. The zero-order valence-electron chi connectivity index (χ0n) is 18.8. The van der Waals surface area contributed by atoms with Crippen molar-refractivity contribution in [2.45, 2.75) is 18.7 Å². The summed E-state index contributed by atoms with van der Waals surface area (Å²) in [5.74, 6) is 0.463. The summed E-state index contributed by atoms with van der Waals surface area (Å²) in [7, 11) is -3.62. The first-order valence-electron chi connectivity index (χ1n) is 10.7. The summed E-state index contributed by atoms with van der Waals surface area (Å²) in [6.07, 6.45) is 0. The number of sulfonamides is 1. The Morgan fingerprint density at radius 1 is 0.765 bits per heavy atom. The molecule has 1 amide bonds.